The third-order valence-corrected chi connectivity index (χ3v) is 4.69. The summed E-state index contributed by atoms with van der Waals surface area (Å²) in [4.78, 5) is 14.5. The average molecular weight is 359 g/mol. The van der Waals surface area contributed by atoms with Gasteiger partial charge in [-0.15, -0.1) is 0 Å². The van der Waals surface area contributed by atoms with Gasteiger partial charge in [-0.2, -0.15) is 0 Å². The van der Waals surface area contributed by atoms with Crippen molar-refractivity contribution < 1.29 is 9.53 Å². The Kier molecular flexibility index (Phi) is 5.49. The molecule has 1 amide bonds. The van der Waals surface area contributed by atoms with E-state index >= 15 is 0 Å². The van der Waals surface area contributed by atoms with E-state index in [9.17, 15) is 4.79 Å². The van der Waals surface area contributed by atoms with Crippen LogP contribution in [0.5, 0.6) is 5.75 Å². The fraction of sp³-hybridized carbons (Fsp3) is 0.350. The molecular weight excluding hydrogens is 336 g/mol. The first kappa shape index (κ1) is 17.6. The smallest absolute Gasteiger partial charge is 0.263 e. The number of carbonyl (C=O) groups is 1. The highest BCUT2D eigenvalue weighted by molar-refractivity contribution is 6.32. The van der Waals surface area contributed by atoms with Crippen molar-refractivity contribution in [3.63, 3.8) is 0 Å². The van der Waals surface area contributed by atoms with E-state index in [-0.39, 0.29) is 11.9 Å². The number of anilines is 1. The standard InChI is InChI=1S/C20H23ClN2O2/c1-14-8-9-18(21)19(12-14)25-15(2)20(24)23-11-10-17(13-23)22-16-6-4-3-5-7-16/h3-9,12,15,17,22H,10-11,13H2,1-2H3. The minimum atomic E-state index is -0.560. The van der Waals surface area contributed by atoms with Gasteiger partial charge in [0.05, 0.1) is 5.02 Å². The molecular formula is C20H23ClN2O2. The van der Waals surface area contributed by atoms with Crippen LogP contribution in [0.2, 0.25) is 5.02 Å². The zero-order chi connectivity index (χ0) is 17.8. The molecule has 25 heavy (non-hydrogen) atoms. The van der Waals surface area contributed by atoms with Crippen LogP contribution in [0.25, 0.3) is 0 Å². The number of hydrogen-bond acceptors (Lipinski definition) is 3. The first-order valence-electron chi connectivity index (χ1n) is 8.56. The van der Waals surface area contributed by atoms with Crippen LogP contribution in [-0.4, -0.2) is 36.0 Å². The van der Waals surface area contributed by atoms with Gasteiger partial charge in [0.2, 0.25) is 0 Å². The van der Waals surface area contributed by atoms with Crippen LogP contribution >= 0.6 is 11.6 Å². The number of nitrogens with one attached hydrogen (secondary N) is 1. The number of likely N-dealkylation sites (tertiary alicyclic amines) is 1. The second kappa shape index (κ2) is 7.79. The second-order valence-corrected chi connectivity index (χ2v) is 6.88. The molecule has 1 N–H and O–H groups in total. The van der Waals surface area contributed by atoms with Gasteiger partial charge in [-0.1, -0.05) is 35.9 Å². The molecule has 3 rings (SSSR count). The van der Waals surface area contributed by atoms with E-state index < -0.39 is 6.10 Å². The Labute approximate surface area is 153 Å². The highest BCUT2D eigenvalue weighted by Crippen LogP contribution is 2.27. The lowest BCUT2D eigenvalue weighted by Crippen LogP contribution is -2.40. The van der Waals surface area contributed by atoms with E-state index in [0.29, 0.717) is 17.3 Å². The van der Waals surface area contributed by atoms with Crippen LogP contribution in [0.3, 0.4) is 0 Å². The van der Waals surface area contributed by atoms with Crippen molar-refractivity contribution in [1.82, 2.24) is 4.90 Å². The first-order valence-corrected chi connectivity index (χ1v) is 8.94. The molecule has 1 fully saturated rings. The number of amides is 1. The molecule has 2 unspecified atom stereocenters. The fourth-order valence-electron chi connectivity index (χ4n) is 3.05. The van der Waals surface area contributed by atoms with Gasteiger partial charge in [-0.05, 0) is 50.1 Å². The normalized spacial score (nSPS) is 18.0. The molecule has 2 atom stereocenters. The summed E-state index contributed by atoms with van der Waals surface area (Å²) in [6.07, 6.45) is 0.369. The zero-order valence-electron chi connectivity index (χ0n) is 14.5. The fourth-order valence-corrected chi connectivity index (χ4v) is 3.21. The predicted molar refractivity (Wildman–Crippen MR) is 101 cm³/mol. The molecule has 0 spiro atoms. The van der Waals surface area contributed by atoms with E-state index in [4.69, 9.17) is 16.3 Å². The van der Waals surface area contributed by atoms with Gasteiger partial charge in [-0.25, -0.2) is 0 Å². The maximum absolute atomic E-state index is 12.7. The first-order chi connectivity index (χ1) is 12.0. The number of ether oxygens (including phenoxy) is 1. The van der Waals surface area contributed by atoms with Crippen molar-refractivity contribution in [2.45, 2.75) is 32.4 Å². The molecule has 132 valence electrons. The van der Waals surface area contributed by atoms with Gasteiger partial charge < -0.3 is 15.0 Å². The van der Waals surface area contributed by atoms with Crippen molar-refractivity contribution in [2.75, 3.05) is 18.4 Å². The highest BCUT2D eigenvalue weighted by atomic mass is 35.5. The molecule has 2 aromatic carbocycles. The molecule has 1 aliphatic rings. The van der Waals surface area contributed by atoms with Crippen molar-refractivity contribution in [3.8, 4) is 5.75 Å². The number of rotatable bonds is 5. The van der Waals surface area contributed by atoms with Gasteiger partial charge in [0, 0.05) is 24.8 Å². The Morgan fingerprint density at radius 1 is 1.28 bits per heavy atom. The largest absolute Gasteiger partial charge is 0.479 e. The molecule has 0 saturated carbocycles. The van der Waals surface area contributed by atoms with Crippen LogP contribution in [0, 0.1) is 6.92 Å². The maximum Gasteiger partial charge on any atom is 0.263 e. The Morgan fingerprint density at radius 2 is 2.04 bits per heavy atom. The molecule has 5 heteroatoms. The summed E-state index contributed by atoms with van der Waals surface area (Å²) >= 11 is 6.16. The van der Waals surface area contributed by atoms with E-state index in [2.05, 4.69) is 5.32 Å². The molecule has 0 aliphatic carbocycles. The minimum Gasteiger partial charge on any atom is -0.479 e. The van der Waals surface area contributed by atoms with Crippen molar-refractivity contribution in [3.05, 3.63) is 59.1 Å². The van der Waals surface area contributed by atoms with Crippen molar-refractivity contribution >= 4 is 23.2 Å². The minimum absolute atomic E-state index is 0.00469. The topological polar surface area (TPSA) is 41.6 Å². The van der Waals surface area contributed by atoms with E-state index in [1.807, 2.05) is 54.3 Å². The zero-order valence-corrected chi connectivity index (χ0v) is 15.3. The summed E-state index contributed by atoms with van der Waals surface area (Å²) in [6.45, 7) is 5.16. The lowest BCUT2D eigenvalue weighted by molar-refractivity contribution is -0.136. The van der Waals surface area contributed by atoms with E-state index in [0.717, 1.165) is 24.2 Å². The summed E-state index contributed by atoms with van der Waals surface area (Å²) in [5.41, 5.74) is 2.13. The van der Waals surface area contributed by atoms with Crippen LogP contribution in [0.15, 0.2) is 48.5 Å². The molecule has 0 radical (unpaired) electrons. The van der Waals surface area contributed by atoms with Crippen molar-refractivity contribution in [1.29, 1.82) is 0 Å². The van der Waals surface area contributed by atoms with Crippen LogP contribution in [0.4, 0.5) is 5.69 Å². The summed E-state index contributed by atoms with van der Waals surface area (Å²) < 4.78 is 5.81. The molecule has 1 saturated heterocycles. The third kappa shape index (κ3) is 4.45. The number of para-hydroxylation sites is 1. The molecule has 0 bridgehead atoms. The molecule has 1 heterocycles. The number of hydrogen-bond donors (Lipinski definition) is 1. The van der Waals surface area contributed by atoms with Crippen LogP contribution < -0.4 is 10.1 Å². The molecule has 1 aliphatic heterocycles. The summed E-state index contributed by atoms with van der Waals surface area (Å²) in [7, 11) is 0. The molecule has 0 aromatic heterocycles. The molecule has 2 aromatic rings. The van der Waals surface area contributed by atoms with Gasteiger partial charge in [-0.3, -0.25) is 4.79 Å². The predicted octanol–water partition coefficient (Wildman–Crippen LogP) is 4.13. The van der Waals surface area contributed by atoms with E-state index in [1.54, 1.807) is 13.0 Å². The Balaban J connectivity index is 1.57. The van der Waals surface area contributed by atoms with Gasteiger partial charge in [0.25, 0.3) is 5.91 Å². The van der Waals surface area contributed by atoms with Crippen LogP contribution in [-0.2, 0) is 4.79 Å². The highest BCUT2D eigenvalue weighted by Gasteiger charge is 2.30. The van der Waals surface area contributed by atoms with Gasteiger partial charge >= 0.3 is 0 Å². The quantitative estimate of drug-likeness (QED) is 0.873. The van der Waals surface area contributed by atoms with Crippen molar-refractivity contribution in [2.24, 2.45) is 0 Å². The van der Waals surface area contributed by atoms with Gasteiger partial charge in [0.1, 0.15) is 5.75 Å². The number of halogens is 1. The summed E-state index contributed by atoms with van der Waals surface area (Å²) in [6, 6.07) is 15.9. The SMILES string of the molecule is Cc1ccc(Cl)c(OC(C)C(=O)N2CCC(Nc3ccccc3)C2)c1. The Morgan fingerprint density at radius 3 is 2.80 bits per heavy atom. The Hall–Kier alpha value is -2.20. The molecule has 4 nitrogen and oxygen atoms in total. The second-order valence-electron chi connectivity index (χ2n) is 6.47. The summed E-state index contributed by atoms with van der Waals surface area (Å²) in [5.74, 6) is 0.551. The number of carbonyl (C=O) groups excluding carboxylic acids is 1. The number of aryl methyl sites for hydroxylation is 1. The lowest BCUT2D eigenvalue weighted by atomic mass is 10.2. The number of nitrogens with zero attached hydrogens (tertiary/aromatic N) is 1. The van der Waals surface area contributed by atoms with Gasteiger partial charge in [0.15, 0.2) is 6.10 Å². The summed E-state index contributed by atoms with van der Waals surface area (Å²) in [5, 5.41) is 4.00. The number of benzene rings is 2. The lowest BCUT2D eigenvalue weighted by Gasteiger charge is -2.22. The maximum atomic E-state index is 12.7. The van der Waals surface area contributed by atoms with Crippen LogP contribution in [0.1, 0.15) is 18.9 Å². The average Bonchev–Trinajstić information content (AvgIpc) is 3.06. The third-order valence-electron chi connectivity index (χ3n) is 4.38. The van der Waals surface area contributed by atoms with E-state index in [1.165, 1.54) is 0 Å². The Bertz CT molecular complexity index is 736. The monoisotopic (exact) mass is 358 g/mol.